The van der Waals surface area contributed by atoms with Gasteiger partial charge in [-0.1, -0.05) is 10.3 Å². The maximum atomic E-state index is 11.1. The van der Waals surface area contributed by atoms with E-state index in [2.05, 4.69) is 64.5 Å². The molecule has 2 saturated heterocycles. The smallest absolute Gasteiger partial charge is 0.223 e. The number of amides is 2. The minimum absolute atomic E-state index is 0.0871. The molecule has 0 radical (unpaired) electrons. The normalized spacial score (nSPS) is 21.7. The SMILES string of the molecule is CC(=O)Nc1ncc(CN2C[C@@H](Cc3noc(C)n3)C[C@@H]2C)s1.CC(=O)Nc1ncc(CN2C[C@H](Cc3noc(C)n3)C[C@@H]2C)s1. The van der Waals surface area contributed by atoms with Gasteiger partial charge in [-0.15, -0.1) is 22.7 Å². The lowest BCUT2D eigenvalue weighted by molar-refractivity contribution is -0.115. The van der Waals surface area contributed by atoms with E-state index >= 15 is 0 Å². The third-order valence-corrected chi connectivity index (χ3v) is 9.85. The van der Waals surface area contributed by atoms with Gasteiger partial charge < -0.3 is 19.7 Å². The fourth-order valence-electron chi connectivity index (χ4n) is 6.11. The Morgan fingerprint density at radius 2 is 1.20 bits per heavy atom. The summed E-state index contributed by atoms with van der Waals surface area (Å²) in [5, 5.41) is 14.8. The van der Waals surface area contributed by atoms with Gasteiger partial charge in [0.05, 0.1) is 0 Å². The molecule has 4 aromatic rings. The fraction of sp³-hybridized carbons (Fsp3) is 0.600. The number of nitrogens with one attached hydrogen (secondary N) is 2. The van der Waals surface area contributed by atoms with E-state index in [-0.39, 0.29) is 11.8 Å². The molecule has 0 bridgehead atoms. The van der Waals surface area contributed by atoms with Gasteiger partial charge in [-0.25, -0.2) is 9.97 Å². The molecule has 0 spiro atoms. The van der Waals surface area contributed by atoms with Crippen LogP contribution in [0.5, 0.6) is 0 Å². The number of aromatic nitrogens is 6. The van der Waals surface area contributed by atoms with Gasteiger partial charge in [0.1, 0.15) is 0 Å². The third kappa shape index (κ3) is 9.70. The molecule has 2 aliphatic rings. The maximum absolute atomic E-state index is 11.1. The van der Waals surface area contributed by atoms with Gasteiger partial charge in [-0.2, -0.15) is 9.97 Å². The van der Waals surface area contributed by atoms with Crippen molar-refractivity contribution in [2.45, 2.75) is 92.4 Å². The number of aryl methyl sites for hydroxylation is 2. The predicted octanol–water partition coefficient (Wildman–Crippen LogP) is 4.49. The van der Waals surface area contributed by atoms with Gasteiger partial charge >= 0.3 is 0 Å². The third-order valence-electron chi connectivity index (χ3n) is 8.05. The highest BCUT2D eigenvalue weighted by molar-refractivity contribution is 7.16. The Hall–Kier alpha value is -3.60. The largest absolute Gasteiger partial charge is 0.340 e. The Bertz CT molecular complexity index is 1480. The van der Waals surface area contributed by atoms with Crippen LogP contribution in [0.25, 0.3) is 0 Å². The minimum atomic E-state index is -0.0871. The summed E-state index contributed by atoms with van der Waals surface area (Å²) in [7, 11) is 0. The molecule has 0 aliphatic carbocycles. The van der Waals surface area contributed by atoms with Gasteiger partial charge in [0.25, 0.3) is 0 Å². The van der Waals surface area contributed by atoms with E-state index in [1.807, 2.05) is 26.2 Å². The average Bonchev–Trinajstić information content (AvgIpc) is 3.82. The Labute approximate surface area is 276 Å². The average molecular weight is 671 g/mol. The molecule has 2 N–H and O–H groups in total. The summed E-state index contributed by atoms with van der Waals surface area (Å²) in [5.41, 5.74) is 0. The Balaban J connectivity index is 0.000000181. The Morgan fingerprint density at radius 3 is 1.54 bits per heavy atom. The summed E-state index contributed by atoms with van der Waals surface area (Å²) in [4.78, 5) is 46.4. The van der Waals surface area contributed by atoms with Crippen molar-refractivity contribution in [3.63, 3.8) is 0 Å². The molecule has 0 unspecified atom stereocenters. The van der Waals surface area contributed by atoms with Crippen molar-refractivity contribution >= 4 is 44.8 Å². The van der Waals surface area contributed by atoms with E-state index in [0.717, 1.165) is 73.3 Å². The standard InChI is InChI=1S/2C15H21N5O2S/c2*1-9-4-12(5-14-18-11(3)22-19-14)7-20(9)8-13-6-16-15(23-13)17-10(2)21/h2*6,9,12H,4-5,7-8H2,1-3H3,(H,16,17,21)/t9-,12+;9-,12-/m00/s1. The predicted molar refractivity (Wildman–Crippen MR) is 174 cm³/mol. The molecular weight excluding hydrogens is 629 g/mol. The van der Waals surface area contributed by atoms with Crippen LogP contribution in [0.1, 0.15) is 73.7 Å². The number of carbonyl (C=O) groups excluding carboxylic acids is 2. The van der Waals surface area contributed by atoms with Crippen molar-refractivity contribution in [3.05, 3.63) is 45.6 Å². The van der Waals surface area contributed by atoms with Crippen LogP contribution in [0.4, 0.5) is 10.3 Å². The first-order valence-electron chi connectivity index (χ1n) is 15.5. The lowest BCUT2D eigenvalue weighted by atomic mass is 10.0. The molecule has 0 aromatic carbocycles. The number of hydrogen-bond donors (Lipinski definition) is 2. The number of rotatable bonds is 10. The molecule has 248 valence electrons. The van der Waals surface area contributed by atoms with Gasteiger partial charge in [0.2, 0.25) is 23.6 Å². The molecule has 0 saturated carbocycles. The van der Waals surface area contributed by atoms with Crippen molar-refractivity contribution in [1.29, 1.82) is 0 Å². The number of anilines is 2. The van der Waals surface area contributed by atoms with Crippen LogP contribution in [-0.2, 0) is 35.5 Å². The number of nitrogens with zero attached hydrogens (tertiary/aromatic N) is 8. The monoisotopic (exact) mass is 670 g/mol. The number of thiazole rings is 2. The lowest BCUT2D eigenvalue weighted by Crippen LogP contribution is -2.26. The highest BCUT2D eigenvalue weighted by Gasteiger charge is 2.31. The maximum Gasteiger partial charge on any atom is 0.223 e. The molecule has 2 aliphatic heterocycles. The number of likely N-dealkylation sites (tertiary alicyclic amines) is 2. The first kappa shape index (κ1) is 33.8. The summed E-state index contributed by atoms with van der Waals surface area (Å²) in [6.45, 7) is 14.9. The molecule has 4 atom stereocenters. The van der Waals surface area contributed by atoms with Crippen LogP contribution >= 0.6 is 22.7 Å². The van der Waals surface area contributed by atoms with Gasteiger partial charge in [0.15, 0.2) is 21.9 Å². The lowest BCUT2D eigenvalue weighted by Gasteiger charge is -2.19. The van der Waals surface area contributed by atoms with Crippen LogP contribution in [0.3, 0.4) is 0 Å². The summed E-state index contributed by atoms with van der Waals surface area (Å²) in [5.74, 6) is 3.76. The van der Waals surface area contributed by atoms with Crippen LogP contribution in [0, 0.1) is 25.7 Å². The van der Waals surface area contributed by atoms with Crippen molar-refractivity contribution in [2.24, 2.45) is 11.8 Å². The molecule has 16 heteroatoms. The van der Waals surface area contributed by atoms with Crippen LogP contribution in [-0.4, -0.2) is 77.0 Å². The molecule has 2 amide bonds. The fourth-order valence-corrected chi connectivity index (χ4v) is 7.88. The quantitative estimate of drug-likeness (QED) is 0.243. The first-order valence-corrected chi connectivity index (χ1v) is 17.1. The van der Waals surface area contributed by atoms with Crippen molar-refractivity contribution < 1.29 is 18.6 Å². The van der Waals surface area contributed by atoms with Gasteiger partial charge in [-0.05, 0) is 38.5 Å². The second kappa shape index (κ2) is 15.3. The van der Waals surface area contributed by atoms with E-state index < -0.39 is 0 Å². The molecule has 46 heavy (non-hydrogen) atoms. The molecule has 14 nitrogen and oxygen atoms in total. The summed E-state index contributed by atoms with van der Waals surface area (Å²) >= 11 is 3.07. The topological polar surface area (TPSA) is 168 Å². The molecule has 2 fully saturated rings. The second-order valence-corrected chi connectivity index (χ2v) is 14.5. The molecular formula is C30H42N10O4S2. The van der Waals surface area contributed by atoms with Crippen molar-refractivity contribution in [3.8, 4) is 0 Å². The Kier molecular flexibility index (Phi) is 11.2. The van der Waals surface area contributed by atoms with E-state index in [1.54, 1.807) is 0 Å². The summed E-state index contributed by atoms with van der Waals surface area (Å²) in [6.07, 6.45) is 7.67. The highest BCUT2D eigenvalue weighted by Crippen LogP contribution is 2.30. The summed E-state index contributed by atoms with van der Waals surface area (Å²) in [6, 6.07) is 1.03. The van der Waals surface area contributed by atoms with Crippen LogP contribution < -0.4 is 10.6 Å². The second-order valence-electron chi connectivity index (χ2n) is 12.3. The zero-order chi connectivity index (χ0) is 32.8. The van der Waals surface area contributed by atoms with Crippen LogP contribution in [0.2, 0.25) is 0 Å². The molecule has 6 heterocycles. The van der Waals surface area contributed by atoms with E-state index in [9.17, 15) is 9.59 Å². The van der Waals surface area contributed by atoms with Crippen molar-refractivity contribution in [1.82, 2.24) is 40.0 Å². The van der Waals surface area contributed by atoms with Gasteiger partial charge in [0, 0.05) is 101 Å². The minimum Gasteiger partial charge on any atom is -0.340 e. The van der Waals surface area contributed by atoms with Crippen molar-refractivity contribution in [2.75, 3.05) is 23.7 Å². The zero-order valence-corrected chi connectivity index (χ0v) is 28.8. The molecule has 6 rings (SSSR count). The van der Waals surface area contributed by atoms with E-state index in [4.69, 9.17) is 9.05 Å². The zero-order valence-electron chi connectivity index (χ0n) is 27.1. The number of hydrogen-bond acceptors (Lipinski definition) is 14. The highest BCUT2D eigenvalue weighted by atomic mass is 32.1. The Morgan fingerprint density at radius 1 is 0.783 bits per heavy atom. The summed E-state index contributed by atoms with van der Waals surface area (Å²) < 4.78 is 10.1. The molecule has 4 aromatic heterocycles. The van der Waals surface area contributed by atoms with Crippen LogP contribution in [0.15, 0.2) is 21.4 Å². The van der Waals surface area contributed by atoms with Gasteiger partial charge in [-0.3, -0.25) is 19.4 Å². The van der Waals surface area contributed by atoms with E-state index in [0.29, 0.717) is 46.0 Å². The first-order chi connectivity index (χ1) is 22.0. The number of carbonyl (C=O) groups is 2. The van der Waals surface area contributed by atoms with E-state index in [1.165, 1.54) is 36.5 Å².